The van der Waals surface area contributed by atoms with Gasteiger partial charge in [0.25, 0.3) is 0 Å². The van der Waals surface area contributed by atoms with Crippen LogP contribution >= 0.6 is 0 Å². The van der Waals surface area contributed by atoms with Crippen LogP contribution in [0.4, 0.5) is 0 Å². The molecule has 130 valence electrons. The molecule has 0 radical (unpaired) electrons. The Morgan fingerprint density at radius 1 is 1.25 bits per heavy atom. The van der Waals surface area contributed by atoms with Crippen molar-refractivity contribution in [3.8, 4) is 0 Å². The molecule has 24 heavy (non-hydrogen) atoms. The number of para-hydroxylation sites is 1. The van der Waals surface area contributed by atoms with Gasteiger partial charge in [-0.25, -0.2) is 4.79 Å². The number of fused-ring (bicyclic) bond motifs is 1. The van der Waals surface area contributed by atoms with E-state index < -0.39 is 12.0 Å². The number of hydrogen-bond donors (Lipinski definition) is 2. The Balaban J connectivity index is 1.89. The Labute approximate surface area is 142 Å². The number of aryl methyl sites for hydroxylation is 1. The van der Waals surface area contributed by atoms with Gasteiger partial charge < -0.3 is 15.0 Å². The summed E-state index contributed by atoms with van der Waals surface area (Å²) in [5, 5.41) is 4.00. The Kier molecular flexibility index (Phi) is 5.65. The molecule has 0 bridgehead atoms. The largest absolute Gasteiger partial charge is 0.467 e. The molecule has 2 aromatic rings. The average molecular weight is 330 g/mol. The minimum atomic E-state index is -0.636. The monoisotopic (exact) mass is 330 g/mol. The highest BCUT2D eigenvalue weighted by Gasteiger charge is 2.33. The summed E-state index contributed by atoms with van der Waals surface area (Å²) in [6.07, 6.45) is 3.92. The second-order valence-electron chi connectivity index (χ2n) is 7.10. The number of esters is 1. The molecule has 0 aliphatic carbocycles. The van der Waals surface area contributed by atoms with Gasteiger partial charge >= 0.3 is 5.97 Å². The first-order valence-corrected chi connectivity index (χ1v) is 8.25. The number of carbonyl (C=O) groups excluding carboxylic acids is 2. The molecule has 0 spiro atoms. The van der Waals surface area contributed by atoms with Crippen molar-refractivity contribution in [1.82, 2.24) is 10.3 Å². The van der Waals surface area contributed by atoms with Crippen LogP contribution in [0.25, 0.3) is 10.9 Å². The van der Waals surface area contributed by atoms with Crippen molar-refractivity contribution in [3.63, 3.8) is 0 Å². The molecular weight excluding hydrogens is 304 g/mol. The smallest absolute Gasteiger partial charge is 0.328 e. The van der Waals surface area contributed by atoms with Crippen LogP contribution in [0.2, 0.25) is 0 Å². The van der Waals surface area contributed by atoms with E-state index in [1.165, 1.54) is 18.1 Å². The van der Waals surface area contributed by atoms with E-state index >= 15 is 0 Å². The van der Waals surface area contributed by atoms with Crippen LogP contribution in [0, 0.1) is 5.41 Å². The first kappa shape index (κ1) is 18.0. The summed E-state index contributed by atoms with van der Waals surface area (Å²) in [7, 11) is 1.34. The molecule has 1 aromatic heterocycles. The molecule has 0 aliphatic rings. The van der Waals surface area contributed by atoms with Gasteiger partial charge in [-0.3, -0.25) is 4.79 Å². The SMILES string of the molecule is COC(=O)[C@@H](NC(=O)CCCc1c[nH]c2ccccc12)C(C)(C)C. The Bertz CT molecular complexity index is 713. The van der Waals surface area contributed by atoms with Crippen molar-refractivity contribution in [3.05, 3.63) is 36.0 Å². The van der Waals surface area contributed by atoms with Gasteiger partial charge in [0, 0.05) is 23.5 Å². The zero-order valence-electron chi connectivity index (χ0n) is 14.8. The summed E-state index contributed by atoms with van der Waals surface area (Å²) >= 11 is 0. The standard InChI is InChI=1S/C19H26N2O3/c1-19(2,3)17(18(23)24-4)21-16(22)11-7-8-13-12-20-15-10-6-5-9-14(13)15/h5-6,9-10,12,17,20H,7-8,11H2,1-4H3,(H,21,22)/t17-/m1/s1. The van der Waals surface area contributed by atoms with Crippen LogP contribution in [-0.2, 0) is 20.7 Å². The maximum atomic E-state index is 12.2. The average Bonchev–Trinajstić information content (AvgIpc) is 2.94. The van der Waals surface area contributed by atoms with E-state index in [4.69, 9.17) is 4.74 Å². The van der Waals surface area contributed by atoms with Crippen molar-refractivity contribution in [2.24, 2.45) is 5.41 Å². The zero-order valence-corrected chi connectivity index (χ0v) is 14.8. The van der Waals surface area contributed by atoms with Crippen molar-refractivity contribution >= 4 is 22.8 Å². The number of hydrogen-bond acceptors (Lipinski definition) is 3. The van der Waals surface area contributed by atoms with Crippen LogP contribution in [0.1, 0.15) is 39.2 Å². The Hall–Kier alpha value is -2.30. The van der Waals surface area contributed by atoms with Crippen molar-refractivity contribution in [2.75, 3.05) is 7.11 Å². The molecular formula is C19H26N2O3. The van der Waals surface area contributed by atoms with Crippen LogP contribution in [0.3, 0.4) is 0 Å². The second-order valence-corrected chi connectivity index (χ2v) is 7.10. The van der Waals surface area contributed by atoms with E-state index in [-0.39, 0.29) is 11.3 Å². The summed E-state index contributed by atoms with van der Waals surface area (Å²) in [5.41, 5.74) is 1.92. The first-order chi connectivity index (χ1) is 11.3. The molecule has 5 heteroatoms. The van der Waals surface area contributed by atoms with E-state index in [0.29, 0.717) is 6.42 Å². The fourth-order valence-electron chi connectivity index (χ4n) is 2.76. The number of methoxy groups -OCH3 is 1. The maximum Gasteiger partial charge on any atom is 0.328 e. The number of carbonyl (C=O) groups is 2. The third-order valence-corrected chi connectivity index (χ3v) is 4.13. The molecule has 1 aromatic carbocycles. The minimum absolute atomic E-state index is 0.125. The number of H-pyrrole nitrogens is 1. The molecule has 0 saturated carbocycles. The van der Waals surface area contributed by atoms with Gasteiger partial charge in [-0.15, -0.1) is 0 Å². The van der Waals surface area contributed by atoms with Gasteiger partial charge in [-0.1, -0.05) is 39.0 Å². The zero-order chi connectivity index (χ0) is 17.7. The second kappa shape index (κ2) is 7.51. The van der Waals surface area contributed by atoms with Gasteiger partial charge in [0.15, 0.2) is 0 Å². The normalized spacial score (nSPS) is 12.8. The third kappa shape index (κ3) is 4.37. The van der Waals surface area contributed by atoms with Gasteiger partial charge in [0.05, 0.1) is 7.11 Å². The Morgan fingerprint density at radius 3 is 2.62 bits per heavy atom. The van der Waals surface area contributed by atoms with Crippen LogP contribution in [0.15, 0.2) is 30.5 Å². The van der Waals surface area contributed by atoms with Gasteiger partial charge in [-0.2, -0.15) is 0 Å². The molecule has 1 amide bonds. The predicted molar refractivity (Wildman–Crippen MR) is 94.6 cm³/mol. The molecule has 5 nitrogen and oxygen atoms in total. The molecule has 0 fully saturated rings. The lowest BCUT2D eigenvalue weighted by Gasteiger charge is -2.29. The highest BCUT2D eigenvalue weighted by atomic mass is 16.5. The number of ether oxygens (including phenoxy) is 1. The summed E-state index contributed by atoms with van der Waals surface area (Å²) in [4.78, 5) is 27.3. The van der Waals surface area contributed by atoms with E-state index in [0.717, 1.165) is 18.4 Å². The first-order valence-electron chi connectivity index (χ1n) is 8.25. The van der Waals surface area contributed by atoms with Crippen molar-refractivity contribution in [1.29, 1.82) is 0 Å². The summed E-state index contributed by atoms with van der Waals surface area (Å²) in [5.74, 6) is -0.535. The lowest BCUT2D eigenvalue weighted by atomic mass is 9.86. The molecule has 1 heterocycles. The van der Waals surface area contributed by atoms with Crippen LogP contribution in [0.5, 0.6) is 0 Å². The molecule has 2 N–H and O–H groups in total. The van der Waals surface area contributed by atoms with Crippen molar-refractivity contribution in [2.45, 2.75) is 46.1 Å². The lowest BCUT2D eigenvalue weighted by molar-refractivity contribution is -0.148. The molecule has 0 saturated heterocycles. The molecule has 0 aliphatic heterocycles. The summed E-state index contributed by atoms with van der Waals surface area (Å²) < 4.78 is 4.79. The quantitative estimate of drug-likeness (QED) is 0.799. The number of benzene rings is 1. The number of aromatic amines is 1. The number of nitrogens with one attached hydrogen (secondary N) is 2. The van der Waals surface area contributed by atoms with Gasteiger partial charge in [0.2, 0.25) is 5.91 Å². The maximum absolute atomic E-state index is 12.2. The molecule has 1 atom stereocenters. The summed E-state index contributed by atoms with van der Waals surface area (Å²) in [6, 6.07) is 7.49. The molecule has 0 unspecified atom stereocenters. The summed E-state index contributed by atoms with van der Waals surface area (Å²) in [6.45, 7) is 5.71. The molecule has 2 rings (SSSR count). The van der Waals surface area contributed by atoms with Gasteiger partial charge in [0.1, 0.15) is 6.04 Å². The number of rotatable bonds is 6. The van der Waals surface area contributed by atoms with Crippen LogP contribution < -0.4 is 5.32 Å². The van der Waals surface area contributed by atoms with Crippen molar-refractivity contribution < 1.29 is 14.3 Å². The van der Waals surface area contributed by atoms with E-state index in [1.807, 2.05) is 45.2 Å². The van der Waals surface area contributed by atoms with E-state index in [2.05, 4.69) is 16.4 Å². The lowest BCUT2D eigenvalue weighted by Crippen LogP contribution is -2.49. The van der Waals surface area contributed by atoms with Gasteiger partial charge in [-0.05, 0) is 29.9 Å². The minimum Gasteiger partial charge on any atom is -0.467 e. The predicted octanol–water partition coefficient (Wildman–Crippen LogP) is 3.19. The number of amides is 1. The highest BCUT2D eigenvalue weighted by Crippen LogP contribution is 2.21. The van der Waals surface area contributed by atoms with Crippen LogP contribution in [-0.4, -0.2) is 30.0 Å². The fraction of sp³-hybridized carbons (Fsp3) is 0.474. The topological polar surface area (TPSA) is 71.2 Å². The van der Waals surface area contributed by atoms with E-state index in [1.54, 1.807) is 0 Å². The highest BCUT2D eigenvalue weighted by molar-refractivity contribution is 5.85. The third-order valence-electron chi connectivity index (χ3n) is 4.13. The fourth-order valence-corrected chi connectivity index (χ4v) is 2.76. The van der Waals surface area contributed by atoms with E-state index in [9.17, 15) is 9.59 Å². The Morgan fingerprint density at radius 2 is 1.96 bits per heavy atom. The number of aromatic nitrogens is 1.